The molecule has 7 rings (SSSR count). The van der Waals surface area contributed by atoms with Crippen molar-refractivity contribution in [3.63, 3.8) is 0 Å². The molecule has 6 aromatic rings. The van der Waals surface area contributed by atoms with E-state index in [1.807, 2.05) is 121 Å². The maximum atomic E-state index is 13.6. The van der Waals surface area contributed by atoms with Crippen molar-refractivity contribution < 1.29 is 54.8 Å². The Morgan fingerprint density at radius 2 is 0.906 bits per heavy atom. The Balaban J connectivity index is 1.26. The number of aliphatic imine (C=N–C) groups is 1. The molecule has 1 saturated heterocycles. The molecule has 0 aliphatic carbocycles. The summed E-state index contributed by atoms with van der Waals surface area (Å²) in [7, 11) is 0. The van der Waals surface area contributed by atoms with E-state index in [1.54, 1.807) is 0 Å². The van der Waals surface area contributed by atoms with E-state index >= 15 is 0 Å². The van der Waals surface area contributed by atoms with Crippen LogP contribution in [0.2, 0.25) is 0 Å². The molecule has 7 nitrogen and oxygen atoms in total. The van der Waals surface area contributed by atoms with Crippen LogP contribution in [0.25, 0.3) is 0 Å². The minimum Gasteiger partial charge on any atom is -0.440 e. The van der Waals surface area contributed by atoms with Gasteiger partial charge in [-0.05, 0) is 64.2 Å². The Morgan fingerprint density at radius 1 is 0.484 bits per heavy atom. The van der Waals surface area contributed by atoms with E-state index in [0.717, 1.165) is 58.3 Å². The quantitative estimate of drug-likeness (QED) is 0.0513. The number of rotatable bonds is 17. The van der Waals surface area contributed by atoms with Gasteiger partial charge in [-0.15, -0.1) is 0 Å². The van der Waals surface area contributed by atoms with Crippen LogP contribution < -0.4 is 0 Å². The molecule has 6 aromatic carbocycles. The van der Waals surface area contributed by atoms with Crippen LogP contribution in [0.4, 0.5) is 32.0 Å². The van der Waals surface area contributed by atoms with E-state index in [1.165, 1.54) is 24.3 Å². The van der Waals surface area contributed by atoms with E-state index in [0.29, 0.717) is 5.56 Å². The molecule has 0 aromatic heterocycles. The molecule has 0 unspecified atom stereocenters. The number of hydrogen-bond acceptors (Lipinski definition) is 8. The van der Waals surface area contributed by atoms with Crippen molar-refractivity contribution in [2.45, 2.75) is 75.2 Å². The van der Waals surface area contributed by atoms with Crippen LogP contribution in [0.3, 0.4) is 0 Å². The number of benzene rings is 6. The maximum absolute atomic E-state index is 13.6. The normalized spacial score (nSPS) is 19.3. The van der Waals surface area contributed by atoms with Gasteiger partial charge in [-0.1, -0.05) is 145 Å². The first-order valence-electron chi connectivity index (χ1n) is 20.4. The van der Waals surface area contributed by atoms with Gasteiger partial charge in [-0.25, -0.2) is 4.99 Å². The average Bonchev–Trinajstić information content (AvgIpc) is 3.30. The Hall–Kier alpha value is -5.48. The lowest BCUT2D eigenvalue weighted by Gasteiger charge is -2.45. The van der Waals surface area contributed by atoms with Crippen molar-refractivity contribution in [3.05, 3.63) is 209 Å². The lowest BCUT2D eigenvalue weighted by atomic mass is 9.97. The summed E-state index contributed by atoms with van der Waals surface area (Å²) in [5.41, 5.74) is 2.51. The molecule has 1 fully saturated rings. The van der Waals surface area contributed by atoms with Crippen molar-refractivity contribution in [1.82, 2.24) is 0 Å². The molecule has 334 valence electrons. The van der Waals surface area contributed by atoms with Crippen molar-refractivity contribution in [2.24, 2.45) is 4.99 Å². The number of nitrogens with zero attached hydrogens (tertiary/aromatic N) is 1. The summed E-state index contributed by atoms with van der Waals surface area (Å²) in [5.74, 6) is 0.0836. The summed E-state index contributed by atoms with van der Waals surface area (Å²) in [5, 5.41) is -0.0487. The lowest BCUT2D eigenvalue weighted by molar-refractivity contribution is -0.312. The summed E-state index contributed by atoms with van der Waals surface area (Å²) >= 11 is 1.02. The van der Waals surface area contributed by atoms with E-state index in [-0.39, 0.29) is 49.7 Å². The molecule has 14 heteroatoms. The van der Waals surface area contributed by atoms with Gasteiger partial charge in [-0.3, -0.25) is 0 Å². The monoisotopic (exact) mass is 901 g/mol. The minimum absolute atomic E-state index is 0.0227. The van der Waals surface area contributed by atoms with Crippen LogP contribution >= 0.6 is 11.8 Å². The van der Waals surface area contributed by atoms with Gasteiger partial charge in [-0.2, -0.15) is 26.3 Å². The van der Waals surface area contributed by atoms with Gasteiger partial charge in [0.25, 0.3) is 5.23 Å². The van der Waals surface area contributed by atoms with Gasteiger partial charge >= 0.3 is 12.4 Å². The number of ether oxygens (including phenoxy) is 6. The van der Waals surface area contributed by atoms with Gasteiger partial charge in [0.05, 0.1) is 49.8 Å². The molecule has 5 atom stereocenters. The van der Waals surface area contributed by atoms with E-state index in [2.05, 4.69) is 4.99 Å². The number of hydrogen-bond donors (Lipinski definition) is 0. The largest absolute Gasteiger partial charge is 0.440 e. The number of thioether (sulfide) groups is 1. The third kappa shape index (κ3) is 13.8. The fourth-order valence-electron chi connectivity index (χ4n) is 6.80. The molecule has 0 amide bonds. The predicted octanol–water partition coefficient (Wildman–Crippen LogP) is 12.4. The molecule has 1 heterocycles. The molecular weight excluding hydrogens is 857 g/mol. The standard InChI is InChI=1S/C50H45F6NO6S/c51-49(52,53)40-23-21-39(22-24-40)34-64-48(57-42-27-25-41(26-28-42)50(54,55)56)63-47-46(61-32-38-19-11-4-12-20-38)45(60-31-37-17-9-3-10-18-37)44(59-30-36-15-7-2-8-16-36)43(62-47)33-58-29-35-13-5-1-6-14-35/h1-28,43-47H,29-34H2/t43-,44-,45+,46-,47-/m1/s1. The number of alkyl halides is 6. The Kier molecular flexibility index (Phi) is 16.3. The van der Waals surface area contributed by atoms with Crippen molar-refractivity contribution >= 4 is 22.7 Å². The van der Waals surface area contributed by atoms with E-state index < -0.39 is 54.2 Å². The maximum Gasteiger partial charge on any atom is 0.416 e. The zero-order chi connectivity index (χ0) is 44.8. The van der Waals surface area contributed by atoms with Gasteiger partial charge in [0.2, 0.25) is 6.29 Å². The second-order valence-corrected chi connectivity index (χ2v) is 15.8. The summed E-state index contributed by atoms with van der Waals surface area (Å²) in [4.78, 5) is 4.61. The van der Waals surface area contributed by atoms with Crippen LogP contribution in [-0.2, 0) is 73.0 Å². The molecule has 0 spiro atoms. The van der Waals surface area contributed by atoms with Crippen molar-refractivity contribution in [3.8, 4) is 0 Å². The Labute approximate surface area is 372 Å². The van der Waals surface area contributed by atoms with Crippen LogP contribution in [0.1, 0.15) is 38.9 Å². The smallest absolute Gasteiger partial charge is 0.416 e. The van der Waals surface area contributed by atoms with Crippen LogP contribution in [0.15, 0.2) is 175 Å². The molecule has 1 aliphatic heterocycles. The van der Waals surface area contributed by atoms with Crippen LogP contribution in [0.5, 0.6) is 0 Å². The molecule has 0 saturated carbocycles. The number of halogens is 6. The Morgan fingerprint density at radius 3 is 1.38 bits per heavy atom. The second kappa shape index (κ2) is 22.4. The Bertz CT molecular complexity index is 2320. The highest BCUT2D eigenvalue weighted by molar-refractivity contribution is 8.12. The van der Waals surface area contributed by atoms with Crippen LogP contribution in [-0.4, -0.2) is 42.5 Å². The zero-order valence-corrected chi connectivity index (χ0v) is 35.2. The molecule has 0 N–H and O–H groups in total. The fraction of sp³-hybridized carbons (Fsp3) is 0.260. The predicted molar refractivity (Wildman–Crippen MR) is 232 cm³/mol. The summed E-state index contributed by atoms with van der Waals surface area (Å²) in [6.45, 7) is 0.724. The van der Waals surface area contributed by atoms with E-state index in [4.69, 9.17) is 28.4 Å². The SMILES string of the molecule is FC(F)(F)c1ccc(CSC(=Nc2ccc(C(F)(F)F)cc2)O[C@H]2O[C@H](COCc3ccccc3)[C@@H](OCc3ccccc3)[C@H](OCc3ccccc3)[C@H]2OCc2ccccc2)cc1. The highest BCUT2D eigenvalue weighted by Crippen LogP contribution is 2.35. The molecule has 0 bridgehead atoms. The summed E-state index contributed by atoms with van der Waals surface area (Å²) in [6, 6.07) is 47.1. The third-order valence-corrected chi connectivity index (χ3v) is 11.0. The molecule has 64 heavy (non-hydrogen) atoms. The van der Waals surface area contributed by atoms with Gasteiger partial charge in [0.1, 0.15) is 24.4 Å². The fourth-order valence-corrected chi connectivity index (χ4v) is 7.61. The van der Waals surface area contributed by atoms with Crippen molar-refractivity contribution in [1.29, 1.82) is 0 Å². The zero-order valence-electron chi connectivity index (χ0n) is 34.4. The first-order valence-corrected chi connectivity index (χ1v) is 21.4. The van der Waals surface area contributed by atoms with E-state index in [9.17, 15) is 26.3 Å². The second-order valence-electron chi connectivity index (χ2n) is 14.9. The highest BCUT2D eigenvalue weighted by atomic mass is 32.2. The average molecular weight is 902 g/mol. The first kappa shape index (κ1) is 46.5. The molecule has 1 aliphatic rings. The van der Waals surface area contributed by atoms with Crippen LogP contribution in [0, 0.1) is 0 Å². The van der Waals surface area contributed by atoms with Gasteiger partial charge < -0.3 is 28.4 Å². The lowest BCUT2D eigenvalue weighted by Crippen LogP contribution is -2.62. The first-order chi connectivity index (χ1) is 31.0. The minimum atomic E-state index is -4.58. The highest BCUT2D eigenvalue weighted by Gasteiger charge is 2.50. The topological polar surface area (TPSA) is 67.7 Å². The van der Waals surface area contributed by atoms with Gasteiger partial charge in [0.15, 0.2) is 0 Å². The summed E-state index contributed by atoms with van der Waals surface area (Å²) < 4.78 is 121. The van der Waals surface area contributed by atoms with Gasteiger partial charge in [0, 0.05) is 5.75 Å². The van der Waals surface area contributed by atoms with Crippen molar-refractivity contribution in [2.75, 3.05) is 6.61 Å². The molecule has 0 radical (unpaired) electrons. The third-order valence-electron chi connectivity index (χ3n) is 10.1. The summed E-state index contributed by atoms with van der Waals surface area (Å²) in [6.07, 6.45) is -13.9. The molecular formula is C50H45F6NO6S.